The van der Waals surface area contributed by atoms with Crippen LogP contribution in [0.25, 0.3) is 11.5 Å². The van der Waals surface area contributed by atoms with Gasteiger partial charge in [-0.2, -0.15) is 0 Å². The highest BCUT2D eigenvalue weighted by Crippen LogP contribution is 2.35. The van der Waals surface area contributed by atoms with Gasteiger partial charge in [-0.15, -0.1) is 0 Å². The van der Waals surface area contributed by atoms with Crippen LogP contribution in [-0.2, 0) is 24.4 Å². The molecular formula is C24H23ClN2O4. The zero-order valence-corrected chi connectivity index (χ0v) is 17.7. The van der Waals surface area contributed by atoms with Gasteiger partial charge in [-0.05, 0) is 54.8 Å². The Balaban J connectivity index is 1.21. The van der Waals surface area contributed by atoms with Gasteiger partial charge in [0.1, 0.15) is 18.1 Å². The molecule has 1 fully saturated rings. The van der Waals surface area contributed by atoms with Crippen LogP contribution in [0.3, 0.4) is 0 Å². The molecule has 0 amide bonds. The van der Waals surface area contributed by atoms with E-state index in [0.717, 1.165) is 60.7 Å². The van der Waals surface area contributed by atoms with E-state index >= 15 is 0 Å². The molecule has 5 rings (SSSR count). The molecule has 2 aromatic carbocycles. The Hall–Kier alpha value is -2.83. The number of halogens is 1. The maximum absolute atomic E-state index is 11.1. The van der Waals surface area contributed by atoms with Crippen LogP contribution in [0.5, 0.6) is 5.75 Å². The first kappa shape index (κ1) is 20.1. The maximum atomic E-state index is 11.1. The molecule has 2 heterocycles. The third kappa shape index (κ3) is 4.31. The van der Waals surface area contributed by atoms with E-state index in [1.54, 1.807) is 0 Å². The first-order valence-corrected chi connectivity index (χ1v) is 10.9. The van der Waals surface area contributed by atoms with Gasteiger partial charge in [0.25, 0.3) is 0 Å². The number of hydrogen-bond acceptors (Lipinski definition) is 5. The number of carboxylic acids is 1. The molecule has 1 saturated carbocycles. The Morgan fingerprint density at radius 3 is 2.61 bits per heavy atom. The van der Waals surface area contributed by atoms with Crippen LogP contribution in [-0.4, -0.2) is 33.5 Å². The molecule has 3 aromatic rings. The predicted octanol–water partition coefficient (Wildman–Crippen LogP) is 4.80. The first-order valence-electron chi connectivity index (χ1n) is 10.5. The fourth-order valence-electron chi connectivity index (χ4n) is 4.18. The summed E-state index contributed by atoms with van der Waals surface area (Å²) in [6.45, 7) is 2.08. The van der Waals surface area contributed by atoms with Gasteiger partial charge in [0.05, 0.1) is 11.6 Å². The second kappa shape index (κ2) is 8.36. The summed E-state index contributed by atoms with van der Waals surface area (Å²) in [5, 5.41) is 9.81. The molecule has 0 bridgehead atoms. The van der Waals surface area contributed by atoms with Crippen molar-refractivity contribution in [2.45, 2.75) is 38.5 Å². The van der Waals surface area contributed by atoms with E-state index in [0.29, 0.717) is 23.6 Å². The van der Waals surface area contributed by atoms with Crippen LogP contribution in [0.15, 0.2) is 52.9 Å². The minimum atomic E-state index is -0.682. The molecule has 1 aromatic heterocycles. The van der Waals surface area contributed by atoms with Gasteiger partial charge in [-0.25, -0.2) is 4.98 Å². The maximum Gasteiger partial charge on any atom is 0.306 e. The summed E-state index contributed by atoms with van der Waals surface area (Å²) in [5.74, 6) is 1.45. The molecule has 160 valence electrons. The molecule has 31 heavy (non-hydrogen) atoms. The van der Waals surface area contributed by atoms with E-state index in [2.05, 4.69) is 4.90 Å². The molecule has 0 spiro atoms. The average Bonchev–Trinajstić information content (AvgIpc) is 3.16. The molecule has 6 nitrogen and oxygen atoms in total. The summed E-state index contributed by atoms with van der Waals surface area (Å²) in [6.07, 6.45) is 2.26. The number of hydrogen-bond donors (Lipinski definition) is 1. The molecule has 1 N–H and O–H groups in total. The van der Waals surface area contributed by atoms with Crippen molar-refractivity contribution in [3.05, 3.63) is 70.6 Å². The number of carbonyl (C=O) groups is 1. The molecule has 1 aliphatic carbocycles. The lowest BCUT2D eigenvalue weighted by atomic mass is 9.79. The van der Waals surface area contributed by atoms with Crippen LogP contribution < -0.4 is 4.74 Å². The number of nitrogens with zero attached hydrogens (tertiary/aromatic N) is 2. The van der Waals surface area contributed by atoms with Crippen LogP contribution >= 0.6 is 11.6 Å². The Labute approximate surface area is 185 Å². The summed E-state index contributed by atoms with van der Waals surface area (Å²) in [4.78, 5) is 18.1. The van der Waals surface area contributed by atoms with Gasteiger partial charge in [0.2, 0.25) is 5.89 Å². The summed E-state index contributed by atoms with van der Waals surface area (Å²) < 4.78 is 11.9. The van der Waals surface area contributed by atoms with Gasteiger partial charge in [-0.3, -0.25) is 9.69 Å². The lowest BCUT2D eigenvalue weighted by Gasteiger charge is -2.42. The molecule has 1 aliphatic heterocycles. The zero-order chi connectivity index (χ0) is 21.4. The standard InChI is InChI=1S/C24H23ClN2O4/c25-18-5-1-15(2-6-18)14-30-20-7-3-16(4-8-20)23-26-21-13-27(10-9-22(21)31-23)19-11-17(12-19)24(28)29/h1-8,17,19H,9-14H2,(H,28,29). The van der Waals surface area contributed by atoms with Gasteiger partial charge >= 0.3 is 5.97 Å². The SMILES string of the molecule is O=C(O)C1CC(N2CCc3oc(-c4ccc(OCc5ccc(Cl)cc5)cc4)nc3C2)C1. The molecule has 0 atom stereocenters. The van der Waals surface area contributed by atoms with Crippen molar-refractivity contribution < 1.29 is 19.1 Å². The third-order valence-corrected chi connectivity index (χ3v) is 6.41. The summed E-state index contributed by atoms with van der Waals surface area (Å²) in [5.41, 5.74) is 2.93. The number of aliphatic carboxylic acids is 1. The molecule has 0 unspecified atom stereocenters. The first-order chi connectivity index (χ1) is 15.0. The van der Waals surface area contributed by atoms with Crippen LogP contribution in [0.2, 0.25) is 5.02 Å². The lowest BCUT2D eigenvalue weighted by Crippen LogP contribution is -2.48. The van der Waals surface area contributed by atoms with E-state index in [1.165, 1.54) is 0 Å². The van der Waals surface area contributed by atoms with Gasteiger partial charge < -0.3 is 14.3 Å². The van der Waals surface area contributed by atoms with E-state index in [9.17, 15) is 4.79 Å². The topological polar surface area (TPSA) is 75.8 Å². The Morgan fingerprint density at radius 1 is 1.16 bits per heavy atom. The molecule has 7 heteroatoms. The fraction of sp³-hybridized carbons (Fsp3) is 0.333. The number of oxazole rings is 1. The van der Waals surface area contributed by atoms with Crippen molar-refractivity contribution in [2.75, 3.05) is 6.54 Å². The summed E-state index contributed by atoms with van der Waals surface area (Å²) >= 11 is 5.91. The van der Waals surface area contributed by atoms with E-state index in [-0.39, 0.29) is 5.92 Å². The minimum Gasteiger partial charge on any atom is -0.489 e. The van der Waals surface area contributed by atoms with Crippen LogP contribution in [0, 0.1) is 5.92 Å². The van der Waals surface area contributed by atoms with Gasteiger partial charge in [0.15, 0.2) is 0 Å². The highest BCUT2D eigenvalue weighted by molar-refractivity contribution is 6.30. The quantitative estimate of drug-likeness (QED) is 0.596. The highest BCUT2D eigenvalue weighted by Gasteiger charge is 2.39. The zero-order valence-electron chi connectivity index (χ0n) is 17.0. The molecule has 2 aliphatic rings. The van der Waals surface area contributed by atoms with Gasteiger partial charge in [-0.1, -0.05) is 23.7 Å². The lowest BCUT2D eigenvalue weighted by molar-refractivity contribution is -0.147. The second-order valence-corrected chi connectivity index (χ2v) is 8.65. The van der Waals surface area contributed by atoms with Crippen molar-refractivity contribution in [2.24, 2.45) is 5.92 Å². The number of aromatic nitrogens is 1. The highest BCUT2D eigenvalue weighted by atomic mass is 35.5. The molecular weight excluding hydrogens is 416 g/mol. The number of benzene rings is 2. The molecule has 0 radical (unpaired) electrons. The summed E-state index contributed by atoms with van der Waals surface area (Å²) in [6, 6.07) is 15.7. The number of carboxylic acid groups (broad SMARTS) is 1. The number of rotatable bonds is 6. The smallest absolute Gasteiger partial charge is 0.306 e. The summed E-state index contributed by atoms with van der Waals surface area (Å²) in [7, 11) is 0. The predicted molar refractivity (Wildman–Crippen MR) is 116 cm³/mol. The second-order valence-electron chi connectivity index (χ2n) is 8.21. The molecule has 0 saturated heterocycles. The minimum absolute atomic E-state index is 0.195. The third-order valence-electron chi connectivity index (χ3n) is 6.16. The van der Waals surface area contributed by atoms with Crippen molar-refractivity contribution in [3.63, 3.8) is 0 Å². The monoisotopic (exact) mass is 438 g/mol. The fourth-order valence-corrected chi connectivity index (χ4v) is 4.31. The Kier molecular flexibility index (Phi) is 5.42. The largest absolute Gasteiger partial charge is 0.489 e. The number of ether oxygens (including phenoxy) is 1. The van der Waals surface area contributed by atoms with E-state index in [1.807, 2.05) is 48.5 Å². The van der Waals surface area contributed by atoms with Gasteiger partial charge in [0, 0.05) is 36.1 Å². The Bertz CT molecular complexity index is 1070. The van der Waals surface area contributed by atoms with Crippen LogP contribution in [0.1, 0.15) is 29.9 Å². The normalized spacial score (nSPS) is 20.7. The van der Waals surface area contributed by atoms with Crippen LogP contribution in [0.4, 0.5) is 0 Å². The van der Waals surface area contributed by atoms with Crippen molar-refractivity contribution in [1.29, 1.82) is 0 Å². The van der Waals surface area contributed by atoms with Crippen molar-refractivity contribution in [1.82, 2.24) is 9.88 Å². The van der Waals surface area contributed by atoms with Crippen molar-refractivity contribution >= 4 is 17.6 Å². The number of fused-ring (bicyclic) bond motifs is 1. The average molecular weight is 439 g/mol. The Morgan fingerprint density at radius 2 is 1.90 bits per heavy atom. The van der Waals surface area contributed by atoms with Crippen molar-refractivity contribution in [3.8, 4) is 17.2 Å². The van der Waals surface area contributed by atoms with E-state index < -0.39 is 5.97 Å². The van der Waals surface area contributed by atoms with E-state index in [4.69, 9.17) is 30.8 Å².